The quantitative estimate of drug-likeness (QED) is 0.862. The first-order valence-electron chi connectivity index (χ1n) is 4.51. The van der Waals surface area contributed by atoms with Crippen LogP contribution in [-0.4, -0.2) is 29.5 Å². The number of pyridine rings is 1. The highest BCUT2D eigenvalue weighted by molar-refractivity contribution is 5.90. The molecule has 0 radical (unpaired) electrons. The SMILES string of the molecule is COc1nc(OC(F)(F)F)c(C(=O)O)cc1C(F)F. The highest BCUT2D eigenvalue weighted by atomic mass is 19.4. The summed E-state index contributed by atoms with van der Waals surface area (Å²) in [5.74, 6) is -4.11. The van der Waals surface area contributed by atoms with Gasteiger partial charge < -0.3 is 14.6 Å². The molecule has 0 saturated carbocycles. The topological polar surface area (TPSA) is 68.7 Å². The van der Waals surface area contributed by atoms with Crippen LogP contribution in [-0.2, 0) is 0 Å². The number of hydrogen-bond donors (Lipinski definition) is 1. The average molecular weight is 287 g/mol. The van der Waals surface area contributed by atoms with Gasteiger partial charge in [-0.15, -0.1) is 13.2 Å². The predicted octanol–water partition coefficient (Wildman–Crippen LogP) is 2.62. The number of methoxy groups -OCH3 is 1. The summed E-state index contributed by atoms with van der Waals surface area (Å²) in [4.78, 5) is 13.7. The minimum atomic E-state index is -5.21. The summed E-state index contributed by atoms with van der Waals surface area (Å²) in [7, 11) is 0.895. The van der Waals surface area contributed by atoms with Gasteiger partial charge in [0.25, 0.3) is 6.43 Å². The van der Waals surface area contributed by atoms with Gasteiger partial charge in [-0.2, -0.15) is 4.98 Å². The number of aromatic nitrogens is 1. The third-order valence-electron chi connectivity index (χ3n) is 1.85. The largest absolute Gasteiger partial charge is 0.574 e. The number of alkyl halides is 5. The first-order chi connectivity index (χ1) is 8.65. The Bertz CT molecular complexity index is 488. The van der Waals surface area contributed by atoms with E-state index in [1.807, 2.05) is 0 Å². The van der Waals surface area contributed by atoms with Gasteiger partial charge in [-0.25, -0.2) is 13.6 Å². The minimum Gasteiger partial charge on any atom is -0.481 e. The number of carboxylic acid groups (broad SMARTS) is 1. The van der Waals surface area contributed by atoms with E-state index < -0.39 is 41.6 Å². The second kappa shape index (κ2) is 5.24. The minimum absolute atomic E-state index is 0.319. The number of ether oxygens (including phenoxy) is 2. The summed E-state index contributed by atoms with van der Waals surface area (Å²) in [5.41, 5.74) is -2.09. The van der Waals surface area contributed by atoms with E-state index in [4.69, 9.17) is 5.11 Å². The van der Waals surface area contributed by atoms with Gasteiger partial charge in [0, 0.05) is 0 Å². The number of hydrogen-bond acceptors (Lipinski definition) is 4. The van der Waals surface area contributed by atoms with Crippen LogP contribution in [0.2, 0.25) is 0 Å². The molecule has 0 unspecified atom stereocenters. The van der Waals surface area contributed by atoms with Crippen molar-refractivity contribution in [2.24, 2.45) is 0 Å². The van der Waals surface area contributed by atoms with Gasteiger partial charge in [0.1, 0.15) is 5.56 Å². The van der Waals surface area contributed by atoms with Crippen molar-refractivity contribution in [1.29, 1.82) is 0 Å². The van der Waals surface area contributed by atoms with E-state index in [0.29, 0.717) is 6.07 Å². The summed E-state index contributed by atoms with van der Waals surface area (Å²) in [6.45, 7) is 0. The van der Waals surface area contributed by atoms with E-state index in [1.54, 1.807) is 0 Å². The molecule has 1 rings (SSSR count). The zero-order valence-corrected chi connectivity index (χ0v) is 9.16. The van der Waals surface area contributed by atoms with Crippen LogP contribution in [0, 0.1) is 0 Å². The Hall–Kier alpha value is -2.13. The van der Waals surface area contributed by atoms with Crippen LogP contribution >= 0.6 is 0 Å². The Morgan fingerprint density at radius 2 is 1.95 bits per heavy atom. The zero-order valence-electron chi connectivity index (χ0n) is 9.16. The standard InChI is InChI=1S/C9H6F5NO4/c1-18-6-3(5(10)11)2-4(8(16)17)7(15-6)19-9(12,13)14/h2,5H,1H3,(H,16,17). The van der Waals surface area contributed by atoms with Crippen LogP contribution in [0.5, 0.6) is 11.8 Å². The van der Waals surface area contributed by atoms with Crippen molar-refractivity contribution < 1.29 is 41.3 Å². The molecule has 106 valence electrons. The molecule has 0 atom stereocenters. The van der Waals surface area contributed by atoms with Gasteiger partial charge in [-0.3, -0.25) is 0 Å². The normalized spacial score (nSPS) is 11.5. The number of carboxylic acids is 1. The van der Waals surface area contributed by atoms with Crippen LogP contribution < -0.4 is 9.47 Å². The summed E-state index contributed by atoms with van der Waals surface area (Å²) in [5, 5.41) is 8.66. The van der Waals surface area contributed by atoms with E-state index in [1.165, 1.54) is 0 Å². The predicted molar refractivity (Wildman–Crippen MR) is 49.4 cm³/mol. The zero-order chi connectivity index (χ0) is 14.8. The highest BCUT2D eigenvalue weighted by Crippen LogP contribution is 2.34. The lowest BCUT2D eigenvalue weighted by Crippen LogP contribution is -2.20. The molecule has 1 heterocycles. The average Bonchev–Trinajstić information content (AvgIpc) is 2.25. The molecule has 10 heteroatoms. The molecular weight excluding hydrogens is 281 g/mol. The van der Waals surface area contributed by atoms with E-state index in [9.17, 15) is 26.7 Å². The fraction of sp³-hybridized carbons (Fsp3) is 0.333. The number of nitrogens with zero attached hydrogens (tertiary/aromatic N) is 1. The fourth-order valence-corrected chi connectivity index (χ4v) is 1.16. The summed E-state index contributed by atoms with van der Waals surface area (Å²) in [6, 6.07) is 0.319. The molecule has 1 aromatic rings. The lowest BCUT2D eigenvalue weighted by Gasteiger charge is -2.13. The Labute approximate surface area is 102 Å². The molecular formula is C9H6F5NO4. The van der Waals surface area contributed by atoms with Crippen molar-refractivity contribution in [3.63, 3.8) is 0 Å². The molecule has 0 aromatic carbocycles. The lowest BCUT2D eigenvalue weighted by molar-refractivity contribution is -0.276. The molecule has 0 fully saturated rings. The maximum Gasteiger partial charge on any atom is 0.574 e. The van der Waals surface area contributed by atoms with E-state index >= 15 is 0 Å². The van der Waals surface area contributed by atoms with Gasteiger partial charge in [0.15, 0.2) is 0 Å². The number of aromatic carboxylic acids is 1. The maximum atomic E-state index is 12.6. The Kier molecular flexibility index (Phi) is 4.12. The van der Waals surface area contributed by atoms with E-state index in [2.05, 4.69) is 14.5 Å². The van der Waals surface area contributed by atoms with Crippen LogP contribution in [0.4, 0.5) is 22.0 Å². The summed E-state index contributed by atoms with van der Waals surface area (Å²) >= 11 is 0. The lowest BCUT2D eigenvalue weighted by atomic mass is 10.2. The van der Waals surface area contributed by atoms with Crippen molar-refractivity contribution in [3.8, 4) is 11.8 Å². The molecule has 5 nitrogen and oxygen atoms in total. The molecule has 0 aliphatic carbocycles. The van der Waals surface area contributed by atoms with Crippen molar-refractivity contribution in [1.82, 2.24) is 4.98 Å². The van der Waals surface area contributed by atoms with Gasteiger partial charge in [-0.1, -0.05) is 0 Å². The van der Waals surface area contributed by atoms with Gasteiger partial charge in [0.05, 0.1) is 12.7 Å². The summed E-state index contributed by atoms with van der Waals surface area (Å²) < 4.78 is 68.9. The third-order valence-corrected chi connectivity index (χ3v) is 1.85. The van der Waals surface area contributed by atoms with E-state index in [-0.39, 0.29) is 0 Å². The molecule has 0 aliphatic rings. The first kappa shape index (κ1) is 14.9. The molecule has 0 amide bonds. The Morgan fingerprint density at radius 1 is 1.37 bits per heavy atom. The first-order valence-corrected chi connectivity index (χ1v) is 4.51. The number of halogens is 5. The number of rotatable bonds is 4. The van der Waals surface area contributed by atoms with Crippen molar-refractivity contribution in [3.05, 3.63) is 17.2 Å². The maximum absolute atomic E-state index is 12.6. The number of carbonyl (C=O) groups is 1. The molecule has 1 N–H and O–H groups in total. The highest BCUT2D eigenvalue weighted by Gasteiger charge is 2.35. The Morgan fingerprint density at radius 3 is 2.32 bits per heavy atom. The molecule has 0 saturated heterocycles. The van der Waals surface area contributed by atoms with Crippen molar-refractivity contribution in [2.45, 2.75) is 12.8 Å². The van der Waals surface area contributed by atoms with Gasteiger partial charge >= 0.3 is 12.3 Å². The summed E-state index contributed by atoms with van der Waals surface area (Å²) in [6.07, 6.45) is -8.38. The van der Waals surface area contributed by atoms with Crippen LogP contribution in [0.25, 0.3) is 0 Å². The molecule has 1 aromatic heterocycles. The van der Waals surface area contributed by atoms with Crippen molar-refractivity contribution >= 4 is 5.97 Å². The smallest absolute Gasteiger partial charge is 0.481 e. The monoisotopic (exact) mass is 287 g/mol. The second-order valence-electron chi connectivity index (χ2n) is 3.09. The van der Waals surface area contributed by atoms with E-state index in [0.717, 1.165) is 7.11 Å². The van der Waals surface area contributed by atoms with Crippen LogP contribution in [0.15, 0.2) is 6.07 Å². The molecule has 0 bridgehead atoms. The Balaban J connectivity index is 3.40. The van der Waals surface area contributed by atoms with Gasteiger partial charge in [-0.05, 0) is 6.07 Å². The second-order valence-corrected chi connectivity index (χ2v) is 3.09. The molecule has 19 heavy (non-hydrogen) atoms. The van der Waals surface area contributed by atoms with Crippen LogP contribution in [0.1, 0.15) is 22.3 Å². The van der Waals surface area contributed by atoms with Crippen LogP contribution in [0.3, 0.4) is 0 Å². The van der Waals surface area contributed by atoms with Crippen molar-refractivity contribution in [2.75, 3.05) is 7.11 Å². The van der Waals surface area contributed by atoms with Gasteiger partial charge in [0.2, 0.25) is 11.8 Å². The molecule has 0 spiro atoms. The fourth-order valence-electron chi connectivity index (χ4n) is 1.16. The molecule has 0 aliphatic heterocycles. The third kappa shape index (κ3) is 3.66.